The van der Waals surface area contributed by atoms with E-state index in [-0.39, 0.29) is 11.8 Å². The van der Waals surface area contributed by atoms with E-state index in [2.05, 4.69) is 27.3 Å². The van der Waals surface area contributed by atoms with E-state index in [1.165, 1.54) is 0 Å². The van der Waals surface area contributed by atoms with Crippen LogP contribution < -0.4 is 10.6 Å². The van der Waals surface area contributed by atoms with Crippen LogP contribution in [0, 0.1) is 0 Å². The first kappa shape index (κ1) is 17.3. The SMILES string of the molecule is Cn1cc(C[C@H]2NC(=O)[C@@H](CCc3ccccc3)NC2=O)c2ccccc21. The Labute approximate surface area is 158 Å². The maximum atomic E-state index is 12.6. The van der Waals surface area contributed by atoms with Crippen LogP contribution in [0.1, 0.15) is 17.5 Å². The average molecular weight is 361 g/mol. The molecule has 0 unspecified atom stereocenters. The van der Waals surface area contributed by atoms with Crippen LogP contribution in [-0.4, -0.2) is 28.5 Å². The second kappa shape index (κ2) is 7.27. The Balaban J connectivity index is 1.43. The summed E-state index contributed by atoms with van der Waals surface area (Å²) in [5.74, 6) is -0.212. The molecular formula is C22H23N3O2. The highest BCUT2D eigenvalue weighted by Crippen LogP contribution is 2.22. The number of hydrogen-bond acceptors (Lipinski definition) is 2. The lowest BCUT2D eigenvalue weighted by Crippen LogP contribution is -2.62. The first-order valence-corrected chi connectivity index (χ1v) is 9.29. The van der Waals surface area contributed by atoms with Gasteiger partial charge in [0.25, 0.3) is 0 Å². The molecule has 5 nitrogen and oxygen atoms in total. The molecule has 0 saturated carbocycles. The second-order valence-corrected chi connectivity index (χ2v) is 7.13. The van der Waals surface area contributed by atoms with Gasteiger partial charge in [-0.2, -0.15) is 0 Å². The predicted molar refractivity (Wildman–Crippen MR) is 105 cm³/mol. The summed E-state index contributed by atoms with van der Waals surface area (Å²) >= 11 is 0. The van der Waals surface area contributed by atoms with Crippen molar-refractivity contribution in [3.8, 4) is 0 Å². The summed E-state index contributed by atoms with van der Waals surface area (Å²) in [6.45, 7) is 0. The summed E-state index contributed by atoms with van der Waals surface area (Å²) < 4.78 is 2.05. The zero-order valence-corrected chi connectivity index (χ0v) is 15.3. The smallest absolute Gasteiger partial charge is 0.243 e. The summed E-state index contributed by atoms with van der Waals surface area (Å²) in [5, 5.41) is 6.94. The van der Waals surface area contributed by atoms with E-state index in [4.69, 9.17) is 0 Å². The van der Waals surface area contributed by atoms with Crippen molar-refractivity contribution in [2.24, 2.45) is 7.05 Å². The fourth-order valence-corrected chi connectivity index (χ4v) is 3.79. The number of piperazine rings is 1. The van der Waals surface area contributed by atoms with Crippen LogP contribution in [-0.2, 0) is 29.5 Å². The average Bonchev–Trinajstić information content (AvgIpc) is 3.00. The first-order chi connectivity index (χ1) is 13.1. The molecule has 3 aromatic rings. The van der Waals surface area contributed by atoms with Gasteiger partial charge in [-0.1, -0.05) is 48.5 Å². The molecule has 1 aromatic heterocycles. The molecule has 27 heavy (non-hydrogen) atoms. The topological polar surface area (TPSA) is 63.1 Å². The third kappa shape index (κ3) is 3.58. The van der Waals surface area contributed by atoms with Crippen LogP contribution in [0.15, 0.2) is 60.8 Å². The fourth-order valence-electron chi connectivity index (χ4n) is 3.79. The molecule has 0 spiro atoms. The number of aryl methyl sites for hydroxylation is 2. The van der Waals surface area contributed by atoms with Crippen molar-refractivity contribution in [2.75, 3.05) is 0 Å². The third-order valence-electron chi connectivity index (χ3n) is 5.23. The number of carbonyl (C=O) groups is 2. The van der Waals surface area contributed by atoms with Crippen molar-refractivity contribution in [3.05, 3.63) is 71.9 Å². The van der Waals surface area contributed by atoms with E-state index in [9.17, 15) is 9.59 Å². The molecule has 2 heterocycles. The van der Waals surface area contributed by atoms with Gasteiger partial charge < -0.3 is 15.2 Å². The number of hydrogen-bond donors (Lipinski definition) is 2. The number of para-hydroxylation sites is 1. The molecule has 1 fully saturated rings. The monoisotopic (exact) mass is 361 g/mol. The van der Waals surface area contributed by atoms with E-state index in [0.717, 1.165) is 28.5 Å². The van der Waals surface area contributed by atoms with Crippen LogP contribution >= 0.6 is 0 Å². The first-order valence-electron chi connectivity index (χ1n) is 9.29. The summed E-state index contributed by atoms with van der Waals surface area (Å²) in [6.07, 6.45) is 3.88. The van der Waals surface area contributed by atoms with Gasteiger partial charge in [-0.3, -0.25) is 9.59 Å². The molecule has 0 radical (unpaired) electrons. The lowest BCUT2D eigenvalue weighted by molar-refractivity contribution is -0.136. The Morgan fingerprint density at radius 2 is 1.56 bits per heavy atom. The summed E-state index contributed by atoms with van der Waals surface area (Å²) in [6, 6.07) is 17.1. The van der Waals surface area contributed by atoms with Gasteiger partial charge in [0, 0.05) is 30.6 Å². The highest BCUT2D eigenvalue weighted by Gasteiger charge is 2.33. The van der Waals surface area contributed by atoms with Gasteiger partial charge in [-0.25, -0.2) is 0 Å². The number of rotatable bonds is 5. The van der Waals surface area contributed by atoms with Crippen molar-refractivity contribution in [1.82, 2.24) is 15.2 Å². The molecule has 2 aromatic carbocycles. The number of benzene rings is 2. The molecule has 2 atom stereocenters. The predicted octanol–water partition coefficient (Wildman–Crippen LogP) is 2.34. The van der Waals surface area contributed by atoms with Gasteiger partial charge in [0.05, 0.1) is 0 Å². The minimum atomic E-state index is -0.531. The minimum Gasteiger partial charge on any atom is -0.350 e. The Morgan fingerprint density at radius 1 is 0.889 bits per heavy atom. The Morgan fingerprint density at radius 3 is 2.37 bits per heavy atom. The molecule has 0 aliphatic carbocycles. The van der Waals surface area contributed by atoms with Crippen LogP contribution in [0.25, 0.3) is 10.9 Å². The Kier molecular flexibility index (Phi) is 4.67. The zero-order valence-electron chi connectivity index (χ0n) is 15.3. The van der Waals surface area contributed by atoms with Crippen LogP contribution in [0.2, 0.25) is 0 Å². The third-order valence-corrected chi connectivity index (χ3v) is 5.23. The molecule has 1 saturated heterocycles. The van der Waals surface area contributed by atoms with Gasteiger partial charge in [-0.15, -0.1) is 0 Å². The van der Waals surface area contributed by atoms with Gasteiger partial charge in [-0.05, 0) is 30.0 Å². The van der Waals surface area contributed by atoms with Gasteiger partial charge in [0.2, 0.25) is 11.8 Å². The number of amides is 2. The zero-order chi connectivity index (χ0) is 18.8. The number of aromatic nitrogens is 1. The van der Waals surface area contributed by atoms with E-state index in [0.29, 0.717) is 12.8 Å². The Hall–Kier alpha value is -3.08. The highest BCUT2D eigenvalue weighted by atomic mass is 16.2. The van der Waals surface area contributed by atoms with Crippen LogP contribution in [0.3, 0.4) is 0 Å². The van der Waals surface area contributed by atoms with E-state index < -0.39 is 12.1 Å². The largest absolute Gasteiger partial charge is 0.350 e. The van der Waals surface area contributed by atoms with Crippen molar-refractivity contribution in [3.63, 3.8) is 0 Å². The van der Waals surface area contributed by atoms with Crippen molar-refractivity contribution >= 4 is 22.7 Å². The maximum Gasteiger partial charge on any atom is 0.243 e. The minimum absolute atomic E-state index is 0.101. The Bertz CT molecular complexity index is 978. The normalized spacial score (nSPS) is 19.7. The summed E-state index contributed by atoms with van der Waals surface area (Å²) in [5.41, 5.74) is 3.35. The molecule has 5 heteroatoms. The molecule has 1 aliphatic rings. The maximum absolute atomic E-state index is 12.6. The van der Waals surface area contributed by atoms with Gasteiger partial charge >= 0.3 is 0 Å². The lowest BCUT2D eigenvalue weighted by Gasteiger charge is -2.29. The van der Waals surface area contributed by atoms with E-state index in [1.54, 1.807) is 0 Å². The molecular weight excluding hydrogens is 338 g/mol. The highest BCUT2D eigenvalue weighted by molar-refractivity contribution is 5.97. The summed E-state index contributed by atoms with van der Waals surface area (Å²) in [4.78, 5) is 25.1. The number of carbonyl (C=O) groups excluding carboxylic acids is 2. The molecule has 1 aliphatic heterocycles. The second-order valence-electron chi connectivity index (χ2n) is 7.13. The standard InChI is InChI=1S/C22H23N3O2/c1-25-14-16(17-9-5-6-10-20(17)25)13-19-22(27)23-18(21(26)24-19)12-11-15-7-3-2-4-8-15/h2-10,14,18-19H,11-13H2,1H3,(H,23,27)(H,24,26)/t18-,19-/m1/s1. The van der Waals surface area contributed by atoms with E-state index >= 15 is 0 Å². The quantitative estimate of drug-likeness (QED) is 0.733. The molecule has 4 rings (SSSR count). The van der Waals surface area contributed by atoms with Crippen molar-refractivity contribution in [2.45, 2.75) is 31.3 Å². The number of fused-ring (bicyclic) bond motifs is 1. The number of nitrogens with one attached hydrogen (secondary N) is 2. The van der Waals surface area contributed by atoms with Crippen LogP contribution in [0.5, 0.6) is 0 Å². The molecule has 2 amide bonds. The molecule has 2 N–H and O–H groups in total. The van der Waals surface area contributed by atoms with E-state index in [1.807, 2.05) is 55.7 Å². The number of nitrogens with zero attached hydrogens (tertiary/aromatic N) is 1. The molecule has 138 valence electrons. The summed E-state index contributed by atoms with van der Waals surface area (Å²) in [7, 11) is 1.99. The lowest BCUT2D eigenvalue weighted by atomic mass is 9.98. The van der Waals surface area contributed by atoms with Crippen molar-refractivity contribution < 1.29 is 9.59 Å². The fraction of sp³-hybridized carbons (Fsp3) is 0.273. The van der Waals surface area contributed by atoms with Crippen molar-refractivity contribution in [1.29, 1.82) is 0 Å². The van der Waals surface area contributed by atoms with Gasteiger partial charge in [0.1, 0.15) is 12.1 Å². The van der Waals surface area contributed by atoms with Crippen LogP contribution in [0.4, 0.5) is 0 Å². The molecule has 0 bridgehead atoms. The van der Waals surface area contributed by atoms with Gasteiger partial charge in [0.15, 0.2) is 0 Å².